The minimum Gasteiger partial charge on any atom is -0.378 e. The monoisotopic (exact) mass is 473 g/mol. The van der Waals surface area contributed by atoms with E-state index in [9.17, 15) is 23.3 Å². The van der Waals surface area contributed by atoms with Gasteiger partial charge in [-0.2, -0.15) is 13.2 Å². The van der Waals surface area contributed by atoms with Crippen LogP contribution in [0.15, 0.2) is 42.6 Å². The molecule has 0 saturated carbocycles. The maximum atomic E-state index is 13.6. The topological polar surface area (TPSA) is 68.5 Å². The van der Waals surface area contributed by atoms with E-state index in [1.165, 1.54) is 6.07 Å². The van der Waals surface area contributed by atoms with E-state index < -0.39 is 16.7 Å². The molecule has 0 N–H and O–H groups in total. The summed E-state index contributed by atoms with van der Waals surface area (Å²) in [6.45, 7) is 6.70. The number of rotatable bonds is 5. The number of hydrogen-bond donors (Lipinski definition) is 0. The maximum Gasteiger partial charge on any atom is 0.416 e. The number of nitro groups is 1. The van der Waals surface area contributed by atoms with E-state index in [1.807, 2.05) is 43.9 Å². The smallest absolute Gasteiger partial charge is 0.378 e. The molecular formula is C25H26F3N3O3. The second-order valence-corrected chi connectivity index (χ2v) is 8.88. The number of aromatic nitrogens is 1. The van der Waals surface area contributed by atoms with Crippen LogP contribution in [0.3, 0.4) is 0 Å². The zero-order valence-corrected chi connectivity index (χ0v) is 19.2. The summed E-state index contributed by atoms with van der Waals surface area (Å²) in [5.41, 5.74) is 2.38. The second-order valence-electron chi connectivity index (χ2n) is 8.88. The molecule has 0 aliphatic carbocycles. The van der Waals surface area contributed by atoms with Crippen molar-refractivity contribution in [2.45, 2.75) is 58.5 Å². The SMILES string of the molecule is Cc1ccc(CN(c2c([N+](=O)[O-])cnc3ccc(C(F)(F)F)cc23)[C@@H]2CCO[C@H](C)C2)cc1C. The number of halogens is 3. The van der Waals surface area contributed by atoms with Crippen molar-refractivity contribution in [1.82, 2.24) is 4.98 Å². The van der Waals surface area contributed by atoms with Gasteiger partial charge in [-0.05, 0) is 68.5 Å². The lowest BCUT2D eigenvalue weighted by atomic mass is 9.98. The molecule has 2 aromatic carbocycles. The summed E-state index contributed by atoms with van der Waals surface area (Å²) in [6, 6.07) is 9.00. The number of benzene rings is 2. The lowest BCUT2D eigenvalue weighted by molar-refractivity contribution is -0.384. The Labute approximate surface area is 195 Å². The fourth-order valence-corrected chi connectivity index (χ4v) is 4.53. The fraction of sp³-hybridized carbons (Fsp3) is 0.400. The molecule has 180 valence electrons. The third-order valence-electron chi connectivity index (χ3n) is 6.45. The van der Waals surface area contributed by atoms with Gasteiger partial charge in [0.15, 0.2) is 0 Å². The molecular weight excluding hydrogens is 447 g/mol. The number of hydrogen-bond acceptors (Lipinski definition) is 5. The van der Waals surface area contributed by atoms with Gasteiger partial charge in [-0.3, -0.25) is 10.1 Å². The van der Waals surface area contributed by atoms with Crippen LogP contribution in [0.2, 0.25) is 0 Å². The largest absolute Gasteiger partial charge is 0.416 e. The molecule has 2 atom stereocenters. The third kappa shape index (κ3) is 4.84. The van der Waals surface area contributed by atoms with Crippen LogP contribution < -0.4 is 4.90 Å². The first kappa shape index (κ1) is 23.9. The molecule has 6 nitrogen and oxygen atoms in total. The highest BCUT2D eigenvalue weighted by molar-refractivity contribution is 5.97. The predicted octanol–water partition coefficient (Wildman–Crippen LogP) is 6.35. The van der Waals surface area contributed by atoms with Crippen LogP contribution in [0, 0.1) is 24.0 Å². The zero-order chi connectivity index (χ0) is 24.6. The van der Waals surface area contributed by atoms with Crippen molar-refractivity contribution in [3.8, 4) is 0 Å². The summed E-state index contributed by atoms with van der Waals surface area (Å²) in [5.74, 6) is 0. The van der Waals surface area contributed by atoms with Gasteiger partial charge in [0.05, 0.1) is 22.1 Å². The van der Waals surface area contributed by atoms with Crippen molar-refractivity contribution >= 4 is 22.3 Å². The van der Waals surface area contributed by atoms with Crippen LogP contribution in [0.4, 0.5) is 24.5 Å². The summed E-state index contributed by atoms with van der Waals surface area (Å²) in [5, 5.41) is 12.2. The lowest BCUT2D eigenvalue weighted by Crippen LogP contribution is -2.42. The minimum absolute atomic E-state index is 0.0705. The number of pyridine rings is 1. The van der Waals surface area contributed by atoms with E-state index in [4.69, 9.17) is 4.74 Å². The van der Waals surface area contributed by atoms with Gasteiger partial charge < -0.3 is 9.64 Å². The van der Waals surface area contributed by atoms with Crippen molar-refractivity contribution in [1.29, 1.82) is 0 Å². The minimum atomic E-state index is -4.58. The van der Waals surface area contributed by atoms with E-state index in [-0.39, 0.29) is 34.4 Å². The summed E-state index contributed by atoms with van der Waals surface area (Å²) in [6.07, 6.45) is -2.30. The average molecular weight is 473 g/mol. The van der Waals surface area contributed by atoms with Gasteiger partial charge in [-0.1, -0.05) is 18.2 Å². The molecule has 9 heteroatoms. The third-order valence-corrected chi connectivity index (χ3v) is 6.45. The predicted molar refractivity (Wildman–Crippen MR) is 124 cm³/mol. The Morgan fingerprint density at radius 1 is 1.18 bits per heavy atom. The Morgan fingerprint density at radius 3 is 2.59 bits per heavy atom. The quantitative estimate of drug-likeness (QED) is 0.319. The Bertz CT molecular complexity index is 1230. The van der Waals surface area contributed by atoms with Gasteiger partial charge >= 0.3 is 11.9 Å². The highest BCUT2D eigenvalue weighted by Crippen LogP contribution is 2.41. The van der Waals surface area contributed by atoms with E-state index in [0.29, 0.717) is 26.0 Å². The first-order valence-electron chi connectivity index (χ1n) is 11.1. The van der Waals surface area contributed by atoms with E-state index in [1.54, 1.807) is 0 Å². The molecule has 0 amide bonds. The van der Waals surface area contributed by atoms with Gasteiger partial charge in [0.25, 0.3) is 0 Å². The molecule has 1 aliphatic rings. The highest BCUT2D eigenvalue weighted by atomic mass is 19.4. The number of fused-ring (bicyclic) bond motifs is 1. The Balaban J connectivity index is 1.94. The number of alkyl halides is 3. The molecule has 0 unspecified atom stereocenters. The summed E-state index contributed by atoms with van der Waals surface area (Å²) in [4.78, 5) is 17.5. The van der Waals surface area contributed by atoms with Gasteiger partial charge in [-0.25, -0.2) is 4.98 Å². The number of aryl methyl sites for hydroxylation is 2. The van der Waals surface area contributed by atoms with Crippen LogP contribution in [0.25, 0.3) is 10.9 Å². The van der Waals surface area contributed by atoms with E-state index in [0.717, 1.165) is 35.0 Å². The van der Waals surface area contributed by atoms with Gasteiger partial charge in [0.1, 0.15) is 11.9 Å². The fourth-order valence-electron chi connectivity index (χ4n) is 4.53. The van der Waals surface area contributed by atoms with Crippen molar-refractivity contribution in [3.63, 3.8) is 0 Å². The number of ether oxygens (including phenoxy) is 1. The number of anilines is 1. The van der Waals surface area contributed by atoms with Gasteiger partial charge in [0, 0.05) is 24.6 Å². The molecule has 0 radical (unpaired) electrons. The summed E-state index contributed by atoms with van der Waals surface area (Å²) < 4.78 is 46.4. The Kier molecular flexibility index (Phi) is 6.49. The average Bonchev–Trinajstić information content (AvgIpc) is 2.78. The molecule has 1 aromatic heterocycles. The van der Waals surface area contributed by atoms with Crippen molar-refractivity contribution in [2.75, 3.05) is 11.5 Å². The van der Waals surface area contributed by atoms with Crippen LogP contribution in [0.1, 0.15) is 42.0 Å². The first-order chi connectivity index (χ1) is 16.0. The second kappa shape index (κ2) is 9.21. The van der Waals surface area contributed by atoms with Crippen molar-refractivity contribution in [2.24, 2.45) is 0 Å². The highest BCUT2D eigenvalue weighted by Gasteiger charge is 2.34. The molecule has 0 spiro atoms. The van der Waals surface area contributed by atoms with Crippen molar-refractivity contribution in [3.05, 3.63) is 75.0 Å². The molecule has 1 saturated heterocycles. The first-order valence-corrected chi connectivity index (χ1v) is 11.1. The van der Waals surface area contributed by atoms with Gasteiger partial charge in [0.2, 0.25) is 0 Å². The summed E-state index contributed by atoms with van der Waals surface area (Å²) in [7, 11) is 0. The van der Waals surface area contributed by atoms with Crippen LogP contribution in [-0.4, -0.2) is 28.7 Å². The van der Waals surface area contributed by atoms with Crippen LogP contribution >= 0.6 is 0 Å². The molecule has 1 aliphatic heterocycles. The Morgan fingerprint density at radius 2 is 1.94 bits per heavy atom. The standard InChI is InChI=1S/C25H26F3N3O3/c1-15-4-5-18(10-16(15)2)14-30(20-8-9-34-17(3)11-20)24-21-12-19(25(26,27)28)6-7-22(21)29-13-23(24)31(32)33/h4-7,10,12-13,17,20H,8-9,11,14H2,1-3H3/t17-,20-/m1/s1. The van der Waals surface area contributed by atoms with Gasteiger partial charge in [-0.15, -0.1) is 0 Å². The maximum absolute atomic E-state index is 13.6. The zero-order valence-electron chi connectivity index (χ0n) is 19.2. The lowest BCUT2D eigenvalue weighted by Gasteiger charge is -2.38. The molecule has 3 aromatic rings. The van der Waals surface area contributed by atoms with Crippen molar-refractivity contribution < 1.29 is 22.8 Å². The normalized spacial score (nSPS) is 18.8. The molecule has 34 heavy (non-hydrogen) atoms. The van der Waals surface area contributed by atoms with Crippen LogP contribution in [0.5, 0.6) is 0 Å². The number of nitrogens with zero attached hydrogens (tertiary/aromatic N) is 3. The molecule has 0 bridgehead atoms. The molecule has 4 rings (SSSR count). The van der Waals surface area contributed by atoms with Crippen LogP contribution in [-0.2, 0) is 17.5 Å². The molecule has 1 fully saturated rings. The van der Waals surface area contributed by atoms with E-state index >= 15 is 0 Å². The summed E-state index contributed by atoms with van der Waals surface area (Å²) >= 11 is 0. The van der Waals surface area contributed by atoms with E-state index in [2.05, 4.69) is 4.98 Å². The molecule has 2 heterocycles. The Hall–Kier alpha value is -3.20.